The number of H-pyrrole nitrogens is 1. The fraction of sp³-hybridized carbons (Fsp3) is 0.0909. The summed E-state index contributed by atoms with van der Waals surface area (Å²) in [5.41, 5.74) is 3.37. The van der Waals surface area contributed by atoms with Gasteiger partial charge in [-0.2, -0.15) is 0 Å². The summed E-state index contributed by atoms with van der Waals surface area (Å²) in [4.78, 5) is 3.28. The van der Waals surface area contributed by atoms with Crippen molar-refractivity contribution >= 4 is 10.9 Å². The van der Waals surface area contributed by atoms with Crippen molar-refractivity contribution in [2.24, 2.45) is 0 Å². The van der Waals surface area contributed by atoms with Crippen LogP contribution in [0.4, 0.5) is 0 Å². The second kappa shape index (κ2) is 2.52. The maximum Gasteiger partial charge on any atom is 0.0462 e. The summed E-state index contributed by atoms with van der Waals surface area (Å²) in [6, 6.07) is 8.18. The molecule has 59 valence electrons. The van der Waals surface area contributed by atoms with E-state index in [9.17, 15) is 0 Å². The van der Waals surface area contributed by atoms with Gasteiger partial charge in [0, 0.05) is 22.2 Å². The summed E-state index contributed by atoms with van der Waals surface area (Å²) in [5, 5.41) is 1.20. The van der Waals surface area contributed by atoms with Gasteiger partial charge in [0.15, 0.2) is 0 Å². The van der Waals surface area contributed by atoms with Crippen molar-refractivity contribution in [3.05, 3.63) is 48.2 Å². The first-order valence-electron chi connectivity index (χ1n) is 3.93. The van der Waals surface area contributed by atoms with Gasteiger partial charge >= 0.3 is 0 Å². The number of fused-ring (bicyclic) bond motifs is 1. The lowest BCUT2D eigenvalue weighted by Crippen LogP contribution is -1.73. The Morgan fingerprint density at radius 1 is 1.33 bits per heavy atom. The normalized spacial score (nSPS) is 10.4. The third kappa shape index (κ3) is 0.866. The Morgan fingerprint density at radius 2 is 2.08 bits per heavy atom. The number of aromatic nitrogens is 1. The molecule has 0 aliphatic rings. The van der Waals surface area contributed by atoms with E-state index in [-0.39, 0.29) is 0 Å². The van der Waals surface area contributed by atoms with Crippen LogP contribution in [0, 0.1) is 13.0 Å². The van der Waals surface area contributed by atoms with Gasteiger partial charge in [0.25, 0.3) is 0 Å². The number of rotatable bonds is 1. The van der Waals surface area contributed by atoms with Crippen molar-refractivity contribution in [2.75, 3.05) is 0 Å². The van der Waals surface area contributed by atoms with Gasteiger partial charge < -0.3 is 4.98 Å². The molecule has 1 N–H and O–H groups in total. The van der Waals surface area contributed by atoms with Gasteiger partial charge in [0.05, 0.1) is 0 Å². The molecule has 1 radical (unpaired) electrons. The zero-order valence-electron chi connectivity index (χ0n) is 7.02. The zero-order valence-corrected chi connectivity index (χ0v) is 7.02. The standard InChI is InChI=1S/C11H10N/c1-3-9-8(2)12-11-7-5-4-6-10(9)11/h4-7,12H,1H2,2H3. The summed E-state index contributed by atoms with van der Waals surface area (Å²) in [6.07, 6.45) is 2.94. The lowest BCUT2D eigenvalue weighted by atomic mass is 10.1. The molecule has 0 saturated carbocycles. The summed E-state index contributed by atoms with van der Waals surface area (Å²) in [6.45, 7) is 5.70. The Morgan fingerprint density at radius 3 is 2.83 bits per heavy atom. The molecule has 0 fully saturated rings. The van der Waals surface area contributed by atoms with E-state index < -0.39 is 0 Å². The zero-order chi connectivity index (χ0) is 8.55. The highest BCUT2D eigenvalue weighted by Crippen LogP contribution is 2.20. The fourth-order valence-corrected chi connectivity index (χ4v) is 1.50. The maximum absolute atomic E-state index is 3.67. The van der Waals surface area contributed by atoms with Crippen LogP contribution < -0.4 is 0 Å². The van der Waals surface area contributed by atoms with E-state index in [1.165, 1.54) is 5.39 Å². The van der Waals surface area contributed by atoms with E-state index in [4.69, 9.17) is 0 Å². The van der Waals surface area contributed by atoms with Crippen molar-refractivity contribution in [1.82, 2.24) is 4.98 Å². The Kier molecular flexibility index (Phi) is 1.51. The third-order valence-corrected chi connectivity index (χ3v) is 2.07. The van der Waals surface area contributed by atoms with E-state index in [2.05, 4.69) is 29.8 Å². The van der Waals surface area contributed by atoms with Gasteiger partial charge in [-0.3, -0.25) is 0 Å². The van der Waals surface area contributed by atoms with Crippen molar-refractivity contribution in [1.29, 1.82) is 0 Å². The first-order chi connectivity index (χ1) is 5.83. The molecule has 0 atom stereocenters. The van der Waals surface area contributed by atoms with Crippen LogP contribution in [0.15, 0.2) is 30.8 Å². The van der Waals surface area contributed by atoms with Gasteiger partial charge in [-0.1, -0.05) is 24.8 Å². The molecule has 1 aromatic heterocycles. The smallest absolute Gasteiger partial charge is 0.0462 e. The molecule has 1 aromatic carbocycles. The largest absolute Gasteiger partial charge is 0.358 e. The average Bonchev–Trinajstić information content (AvgIpc) is 2.40. The van der Waals surface area contributed by atoms with E-state index in [0.717, 1.165) is 16.8 Å². The van der Waals surface area contributed by atoms with Crippen LogP contribution in [0.5, 0.6) is 0 Å². The molecule has 0 saturated heterocycles. The van der Waals surface area contributed by atoms with Crippen molar-refractivity contribution in [2.45, 2.75) is 6.92 Å². The number of aromatic amines is 1. The lowest BCUT2D eigenvalue weighted by Gasteiger charge is -1.89. The lowest BCUT2D eigenvalue weighted by molar-refractivity contribution is 1.28. The molecule has 0 spiro atoms. The second-order valence-electron chi connectivity index (χ2n) is 2.85. The summed E-state index contributed by atoms with van der Waals surface area (Å²) in [7, 11) is 0. The number of hydrogen-bond donors (Lipinski definition) is 1. The Balaban J connectivity index is 2.90. The van der Waals surface area contributed by atoms with Crippen molar-refractivity contribution in [3.8, 4) is 0 Å². The molecular weight excluding hydrogens is 146 g/mol. The molecule has 1 nitrogen and oxygen atoms in total. The maximum atomic E-state index is 3.67. The molecule has 0 aliphatic carbocycles. The number of nitrogens with one attached hydrogen (secondary N) is 1. The highest BCUT2D eigenvalue weighted by molar-refractivity contribution is 5.85. The number of para-hydroxylation sites is 1. The van der Waals surface area contributed by atoms with Crippen molar-refractivity contribution < 1.29 is 0 Å². The monoisotopic (exact) mass is 156 g/mol. The molecule has 1 heterocycles. The van der Waals surface area contributed by atoms with Gasteiger partial charge in [-0.05, 0) is 19.1 Å². The topological polar surface area (TPSA) is 15.8 Å². The molecular formula is C11H10N. The van der Waals surface area contributed by atoms with Gasteiger partial charge in [-0.25, -0.2) is 0 Å². The van der Waals surface area contributed by atoms with E-state index >= 15 is 0 Å². The van der Waals surface area contributed by atoms with E-state index in [1.807, 2.05) is 19.1 Å². The molecule has 0 aliphatic heterocycles. The van der Waals surface area contributed by atoms with Crippen LogP contribution in [0.3, 0.4) is 0 Å². The summed E-state index contributed by atoms with van der Waals surface area (Å²) < 4.78 is 0. The van der Waals surface area contributed by atoms with E-state index in [1.54, 1.807) is 0 Å². The van der Waals surface area contributed by atoms with Gasteiger partial charge in [0.2, 0.25) is 0 Å². The quantitative estimate of drug-likeness (QED) is 0.653. The Bertz CT molecular complexity index is 423. The first kappa shape index (κ1) is 7.17. The number of aryl methyl sites for hydroxylation is 1. The Hall–Kier alpha value is -1.50. The van der Waals surface area contributed by atoms with Crippen LogP contribution in [0.2, 0.25) is 0 Å². The SMILES string of the molecule is C=[C]c1c(C)[nH]c2ccccc12. The number of benzene rings is 1. The van der Waals surface area contributed by atoms with Crippen LogP contribution >= 0.6 is 0 Å². The van der Waals surface area contributed by atoms with Gasteiger partial charge in [0.1, 0.15) is 0 Å². The van der Waals surface area contributed by atoms with Crippen molar-refractivity contribution in [3.63, 3.8) is 0 Å². The van der Waals surface area contributed by atoms with Gasteiger partial charge in [-0.15, -0.1) is 0 Å². The molecule has 1 heteroatoms. The van der Waals surface area contributed by atoms with Crippen LogP contribution in [0.25, 0.3) is 10.9 Å². The molecule has 2 rings (SSSR count). The summed E-state index contributed by atoms with van der Waals surface area (Å²) >= 11 is 0. The first-order valence-corrected chi connectivity index (χ1v) is 3.93. The fourth-order valence-electron chi connectivity index (χ4n) is 1.50. The minimum atomic E-state index is 1.09. The average molecular weight is 156 g/mol. The highest BCUT2D eigenvalue weighted by Gasteiger charge is 2.02. The van der Waals surface area contributed by atoms with Crippen LogP contribution in [-0.2, 0) is 0 Å². The minimum Gasteiger partial charge on any atom is -0.358 e. The molecule has 0 unspecified atom stereocenters. The predicted molar refractivity (Wildman–Crippen MR) is 51.0 cm³/mol. The minimum absolute atomic E-state index is 1.09. The molecule has 2 aromatic rings. The second-order valence-corrected chi connectivity index (χ2v) is 2.85. The molecule has 0 bridgehead atoms. The van der Waals surface area contributed by atoms with Crippen LogP contribution in [-0.4, -0.2) is 4.98 Å². The van der Waals surface area contributed by atoms with Crippen LogP contribution in [0.1, 0.15) is 11.3 Å². The number of hydrogen-bond acceptors (Lipinski definition) is 0. The predicted octanol–water partition coefficient (Wildman–Crippen LogP) is 2.81. The third-order valence-electron chi connectivity index (χ3n) is 2.07. The Labute approximate surface area is 71.7 Å². The summed E-state index contributed by atoms with van der Waals surface area (Å²) in [5.74, 6) is 0. The molecule has 0 amide bonds. The van der Waals surface area contributed by atoms with E-state index in [0.29, 0.717) is 0 Å². The molecule has 12 heavy (non-hydrogen) atoms. The highest BCUT2D eigenvalue weighted by atomic mass is 14.7.